The van der Waals surface area contributed by atoms with Crippen molar-refractivity contribution in [2.24, 2.45) is 0 Å². The summed E-state index contributed by atoms with van der Waals surface area (Å²) in [6, 6.07) is 10.3. The molecule has 0 bridgehead atoms. The molecule has 4 aromatic rings. The number of hydrogen-bond donors (Lipinski definition) is 2. The van der Waals surface area contributed by atoms with Gasteiger partial charge in [-0.2, -0.15) is 18.2 Å². The lowest BCUT2D eigenvalue weighted by Gasteiger charge is -2.26. The number of carbonyl (C=O) groups excluding carboxylic acids is 1. The molecule has 40 heavy (non-hydrogen) atoms. The highest BCUT2D eigenvalue weighted by atomic mass is 19.4. The van der Waals surface area contributed by atoms with Crippen molar-refractivity contribution in [2.75, 3.05) is 56.9 Å². The van der Waals surface area contributed by atoms with E-state index in [0.717, 1.165) is 24.4 Å². The van der Waals surface area contributed by atoms with Gasteiger partial charge in [0, 0.05) is 44.0 Å². The van der Waals surface area contributed by atoms with Crippen LogP contribution in [-0.4, -0.2) is 66.7 Å². The van der Waals surface area contributed by atoms with Gasteiger partial charge in [0.15, 0.2) is 0 Å². The highest BCUT2D eigenvalue weighted by Crippen LogP contribution is 2.38. The fourth-order valence-corrected chi connectivity index (χ4v) is 4.09. The topological polar surface area (TPSA) is 87.5 Å². The first kappa shape index (κ1) is 28.4. The summed E-state index contributed by atoms with van der Waals surface area (Å²) < 4.78 is 46.8. The third kappa shape index (κ3) is 6.34. The maximum atomic E-state index is 13.1. The number of fused-ring (bicyclic) bond motifs is 1. The van der Waals surface area contributed by atoms with Crippen LogP contribution in [0.15, 0.2) is 67.5 Å². The second-order valence-electron chi connectivity index (χ2n) is 9.31. The van der Waals surface area contributed by atoms with Gasteiger partial charge in [-0.05, 0) is 56.6 Å². The molecule has 210 valence electrons. The number of methoxy groups -OCH3 is 1. The van der Waals surface area contributed by atoms with Crippen LogP contribution in [0.5, 0.6) is 5.75 Å². The van der Waals surface area contributed by atoms with E-state index in [9.17, 15) is 18.0 Å². The molecule has 0 fully saturated rings. The van der Waals surface area contributed by atoms with Crippen molar-refractivity contribution in [3.05, 3.63) is 73.1 Å². The first-order chi connectivity index (χ1) is 19.0. The molecule has 0 spiro atoms. The molecule has 12 heteroatoms. The van der Waals surface area contributed by atoms with Crippen LogP contribution >= 0.6 is 0 Å². The molecule has 0 saturated heterocycles. The Hall–Kier alpha value is -4.58. The fourth-order valence-electron chi connectivity index (χ4n) is 4.09. The standard InChI is InChI=1S/C28H30F3N7O2/c1-6-26(39)33-20-16-21(24(40-5)17-23(20)37(4)14-13-36(2)3)34-27-32-11-9-25(35-27)38-12-10-18-15-19(28(29,30)31)7-8-22(18)38/h6-12,15-17H,1,13-14H2,2-5H3,(H,33,39)(H,32,34,35). The molecular weight excluding hydrogens is 523 g/mol. The zero-order chi connectivity index (χ0) is 29.0. The van der Waals surface area contributed by atoms with Crippen LogP contribution < -0.4 is 20.3 Å². The maximum absolute atomic E-state index is 13.1. The molecule has 1 amide bonds. The lowest BCUT2D eigenvalue weighted by atomic mass is 10.1. The first-order valence-electron chi connectivity index (χ1n) is 12.3. The van der Waals surface area contributed by atoms with Gasteiger partial charge in [0.25, 0.3) is 0 Å². The summed E-state index contributed by atoms with van der Waals surface area (Å²) in [7, 11) is 7.41. The average molecular weight is 554 g/mol. The fraction of sp³-hybridized carbons (Fsp3) is 0.250. The molecule has 2 aromatic carbocycles. The van der Waals surface area contributed by atoms with Gasteiger partial charge in [0.05, 0.1) is 35.3 Å². The summed E-state index contributed by atoms with van der Waals surface area (Å²) in [6.07, 6.45) is -0.0513. The number of hydrogen-bond acceptors (Lipinski definition) is 7. The van der Waals surface area contributed by atoms with Crippen molar-refractivity contribution in [1.82, 2.24) is 19.4 Å². The minimum atomic E-state index is -4.43. The maximum Gasteiger partial charge on any atom is 0.416 e. The lowest BCUT2D eigenvalue weighted by molar-refractivity contribution is -0.137. The summed E-state index contributed by atoms with van der Waals surface area (Å²) in [5, 5.41) is 6.41. The van der Waals surface area contributed by atoms with Crippen LogP contribution in [0.2, 0.25) is 0 Å². The Labute approximate surface area is 229 Å². The van der Waals surface area contributed by atoms with Gasteiger partial charge in [0.2, 0.25) is 11.9 Å². The monoisotopic (exact) mass is 553 g/mol. The van der Waals surface area contributed by atoms with Crippen molar-refractivity contribution >= 4 is 39.8 Å². The van der Waals surface area contributed by atoms with Gasteiger partial charge in [-0.25, -0.2) is 4.98 Å². The SMILES string of the molecule is C=CC(=O)Nc1cc(Nc2nccc(-n3ccc4cc(C(F)(F)F)ccc43)n2)c(OC)cc1N(C)CCN(C)C. The van der Waals surface area contributed by atoms with E-state index in [1.165, 1.54) is 25.4 Å². The first-order valence-corrected chi connectivity index (χ1v) is 12.3. The smallest absolute Gasteiger partial charge is 0.416 e. The quantitative estimate of drug-likeness (QED) is 0.257. The van der Waals surface area contributed by atoms with Gasteiger partial charge >= 0.3 is 6.18 Å². The number of aromatic nitrogens is 3. The molecule has 0 aliphatic carbocycles. The molecule has 0 aliphatic heterocycles. The number of nitrogens with one attached hydrogen (secondary N) is 2. The van der Waals surface area contributed by atoms with E-state index in [0.29, 0.717) is 40.4 Å². The Morgan fingerprint density at radius 2 is 1.88 bits per heavy atom. The van der Waals surface area contributed by atoms with Crippen molar-refractivity contribution in [3.63, 3.8) is 0 Å². The van der Waals surface area contributed by atoms with Gasteiger partial charge in [-0.1, -0.05) is 6.58 Å². The zero-order valence-electron chi connectivity index (χ0n) is 22.6. The molecule has 2 heterocycles. The number of nitrogens with zero attached hydrogens (tertiary/aromatic N) is 5. The molecule has 0 atom stereocenters. The van der Waals surface area contributed by atoms with Crippen LogP contribution in [0.25, 0.3) is 16.7 Å². The number of alkyl halides is 3. The Bertz CT molecular complexity index is 1530. The van der Waals surface area contributed by atoms with E-state index >= 15 is 0 Å². The molecule has 0 saturated carbocycles. The number of likely N-dealkylation sites (N-methyl/N-ethyl adjacent to an activating group) is 2. The molecule has 2 aromatic heterocycles. The van der Waals surface area contributed by atoms with Crippen LogP contribution in [0.4, 0.5) is 36.2 Å². The summed E-state index contributed by atoms with van der Waals surface area (Å²) in [5.41, 5.74) is 1.62. The molecular formula is C28H30F3N7O2. The molecule has 0 radical (unpaired) electrons. The van der Waals surface area contributed by atoms with E-state index in [-0.39, 0.29) is 11.9 Å². The van der Waals surface area contributed by atoms with E-state index in [2.05, 4.69) is 32.1 Å². The Morgan fingerprint density at radius 1 is 1.10 bits per heavy atom. The van der Waals surface area contributed by atoms with Crippen molar-refractivity contribution in [1.29, 1.82) is 0 Å². The third-order valence-corrected chi connectivity index (χ3v) is 6.21. The number of carbonyl (C=O) groups is 1. The highest BCUT2D eigenvalue weighted by Gasteiger charge is 2.30. The highest BCUT2D eigenvalue weighted by molar-refractivity contribution is 6.02. The molecule has 0 aliphatic rings. The number of benzene rings is 2. The van der Waals surface area contributed by atoms with Crippen molar-refractivity contribution in [3.8, 4) is 11.6 Å². The van der Waals surface area contributed by atoms with Gasteiger partial charge in [-0.15, -0.1) is 0 Å². The van der Waals surface area contributed by atoms with Crippen LogP contribution in [0.1, 0.15) is 5.56 Å². The minimum absolute atomic E-state index is 0.222. The van der Waals surface area contributed by atoms with E-state index < -0.39 is 11.7 Å². The third-order valence-electron chi connectivity index (χ3n) is 6.21. The largest absolute Gasteiger partial charge is 0.494 e. The summed E-state index contributed by atoms with van der Waals surface area (Å²) in [5.74, 6) is 0.791. The second kappa shape index (κ2) is 11.7. The predicted octanol–water partition coefficient (Wildman–Crippen LogP) is 5.31. The summed E-state index contributed by atoms with van der Waals surface area (Å²) >= 11 is 0. The van der Waals surface area contributed by atoms with Crippen molar-refractivity contribution < 1.29 is 22.7 Å². The average Bonchev–Trinajstić information content (AvgIpc) is 3.35. The van der Waals surface area contributed by atoms with Crippen LogP contribution in [0.3, 0.4) is 0 Å². The van der Waals surface area contributed by atoms with E-state index in [4.69, 9.17) is 4.74 Å². The van der Waals surface area contributed by atoms with Gasteiger partial charge < -0.3 is 29.7 Å². The van der Waals surface area contributed by atoms with Gasteiger partial charge in [-0.3, -0.25) is 4.79 Å². The van der Waals surface area contributed by atoms with E-state index in [1.807, 2.05) is 26.0 Å². The van der Waals surface area contributed by atoms with Gasteiger partial charge in [0.1, 0.15) is 11.6 Å². The molecule has 4 rings (SSSR count). The molecule has 0 unspecified atom stereocenters. The number of anilines is 4. The molecule has 9 nitrogen and oxygen atoms in total. The number of halogens is 3. The van der Waals surface area contributed by atoms with Crippen LogP contribution in [-0.2, 0) is 11.0 Å². The Morgan fingerprint density at radius 3 is 2.55 bits per heavy atom. The predicted molar refractivity (Wildman–Crippen MR) is 151 cm³/mol. The zero-order valence-corrected chi connectivity index (χ0v) is 22.6. The van der Waals surface area contributed by atoms with Crippen molar-refractivity contribution in [2.45, 2.75) is 6.18 Å². The second-order valence-corrected chi connectivity index (χ2v) is 9.31. The molecule has 2 N–H and O–H groups in total. The number of rotatable bonds is 10. The number of ether oxygens (including phenoxy) is 1. The Kier molecular flexibility index (Phi) is 8.29. The minimum Gasteiger partial charge on any atom is -0.494 e. The normalized spacial score (nSPS) is 11.5. The summed E-state index contributed by atoms with van der Waals surface area (Å²) in [4.78, 5) is 25.1. The van der Waals surface area contributed by atoms with Crippen LogP contribution in [0, 0.1) is 0 Å². The lowest BCUT2D eigenvalue weighted by Crippen LogP contribution is -2.29. The number of amides is 1. The summed E-state index contributed by atoms with van der Waals surface area (Å²) in [6.45, 7) is 5.02. The Balaban J connectivity index is 1.69. The van der Waals surface area contributed by atoms with E-state index in [1.54, 1.807) is 35.0 Å².